The van der Waals surface area contributed by atoms with E-state index in [9.17, 15) is 17.2 Å². The fourth-order valence-corrected chi connectivity index (χ4v) is 6.36. The lowest BCUT2D eigenvalue weighted by molar-refractivity contribution is 0.374. The Kier molecular flexibility index (Phi) is 6.29. The molecule has 6 nitrogen and oxygen atoms in total. The van der Waals surface area contributed by atoms with Gasteiger partial charge in [0.05, 0.1) is 12.8 Å². The largest absolute Gasteiger partial charge is 0.495 e. The van der Waals surface area contributed by atoms with E-state index in [-0.39, 0.29) is 23.7 Å². The number of piperazine rings is 1. The minimum atomic E-state index is -3.73. The van der Waals surface area contributed by atoms with Gasteiger partial charge in [-0.15, -0.1) is 11.3 Å². The SMILES string of the molecule is COc1ccc(Br)cc1S(=O)(=O)N1CCN(c2nc(-c3cc(F)cc(F)c3)cs2)CC1. The first kappa shape index (κ1) is 22.1. The van der Waals surface area contributed by atoms with Crippen molar-refractivity contribution in [1.29, 1.82) is 0 Å². The molecule has 0 amide bonds. The maximum absolute atomic E-state index is 13.5. The number of anilines is 1. The summed E-state index contributed by atoms with van der Waals surface area (Å²) >= 11 is 4.66. The summed E-state index contributed by atoms with van der Waals surface area (Å²) in [5.41, 5.74) is 0.843. The van der Waals surface area contributed by atoms with Gasteiger partial charge in [0.25, 0.3) is 0 Å². The van der Waals surface area contributed by atoms with Crippen molar-refractivity contribution in [2.24, 2.45) is 0 Å². The van der Waals surface area contributed by atoms with Crippen LogP contribution in [0.25, 0.3) is 11.3 Å². The average molecular weight is 530 g/mol. The second-order valence-corrected chi connectivity index (χ2v) is 10.5. The molecule has 0 atom stereocenters. The molecule has 0 radical (unpaired) electrons. The van der Waals surface area contributed by atoms with E-state index in [2.05, 4.69) is 20.9 Å². The third kappa shape index (κ3) is 4.59. The summed E-state index contributed by atoms with van der Waals surface area (Å²) in [6, 6.07) is 8.15. The van der Waals surface area contributed by atoms with Gasteiger partial charge >= 0.3 is 0 Å². The molecule has 1 aromatic heterocycles. The zero-order valence-corrected chi connectivity index (χ0v) is 19.6. The molecule has 0 unspecified atom stereocenters. The lowest BCUT2D eigenvalue weighted by atomic mass is 10.1. The minimum Gasteiger partial charge on any atom is -0.495 e. The summed E-state index contributed by atoms with van der Waals surface area (Å²) in [6.07, 6.45) is 0. The number of hydrogen-bond donors (Lipinski definition) is 0. The Morgan fingerprint density at radius 2 is 1.74 bits per heavy atom. The lowest BCUT2D eigenvalue weighted by Crippen LogP contribution is -2.48. The van der Waals surface area contributed by atoms with Crippen LogP contribution in [0.4, 0.5) is 13.9 Å². The van der Waals surface area contributed by atoms with Gasteiger partial charge in [0, 0.05) is 47.7 Å². The van der Waals surface area contributed by atoms with Gasteiger partial charge in [0.15, 0.2) is 5.13 Å². The minimum absolute atomic E-state index is 0.113. The van der Waals surface area contributed by atoms with Crippen LogP contribution < -0.4 is 9.64 Å². The van der Waals surface area contributed by atoms with E-state index in [1.165, 1.54) is 41.0 Å². The number of aromatic nitrogens is 1. The number of methoxy groups -OCH3 is 1. The Morgan fingerprint density at radius 1 is 1.06 bits per heavy atom. The predicted octanol–water partition coefficient (Wildman–Crippen LogP) is 4.37. The van der Waals surface area contributed by atoms with Crippen LogP contribution in [0, 0.1) is 11.6 Å². The Hall–Kier alpha value is -2.08. The van der Waals surface area contributed by atoms with Gasteiger partial charge in [-0.3, -0.25) is 0 Å². The zero-order valence-electron chi connectivity index (χ0n) is 16.4. The molecular formula is C20H18BrF2N3O3S2. The zero-order chi connectivity index (χ0) is 22.2. The van der Waals surface area contributed by atoms with Crippen molar-refractivity contribution < 1.29 is 21.9 Å². The van der Waals surface area contributed by atoms with Gasteiger partial charge < -0.3 is 9.64 Å². The van der Waals surface area contributed by atoms with Gasteiger partial charge in [0.1, 0.15) is 22.3 Å². The van der Waals surface area contributed by atoms with Gasteiger partial charge in [-0.1, -0.05) is 15.9 Å². The van der Waals surface area contributed by atoms with Crippen LogP contribution in [0.5, 0.6) is 5.75 Å². The molecule has 0 saturated carbocycles. The van der Waals surface area contributed by atoms with E-state index in [1.807, 2.05) is 4.90 Å². The predicted molar refractivity (Wildman–Crippen MR) is 119 cm³/mol. The highest BCUT2D eigenvalue weighted by Crippen LogP contribution is 2.32. The molecule has 11 heteroatoms. The highest BCUT2D eigenvalue weighted by Gasteiger charge is 2.31. The Bertz CT molecular complexity index is 1190. The molecule has 2 aromatic carbocycles. The maximum Gasteiger partial charge on any atom is 0.246 e. The van der Waals surface area contributed by atoms with Crippen LogP contribution in [0.15, 0.2) is 51.1 Å². The van der Waals surface area contributed by atoms with Crippen molar-refractivity contribution in [3.63, 3.8) is 0 Å². The van der Waals surface area contributed by atoms with Crippen molar-refractivity contribution in [3.05, 3.63) is 57.9 Å². The molecular weight excluding hydrogens is 512 g/mol. The van der Waals surface area contributed by atoms with Gasteiger partial charge in [-0.05, 0) is 30.3 Å². The molecule has 31 heavy (non-hydrogen) atoms. The summed E-state index contributed by atoms with van der Waals surface area (Å²) in [5.74, 6) is -1.03. The van der Waals surface area contributed by atoms with Crippen LogP contribution in [-0.4, -0.2) is 51.0 Å². The molecule has 164 valence electrons. The number of sulfonamides is 1. The highest BCUT2D eigenvalue weighted by atomic mass is 79.9. The molecule has 1 saturated heterocycles. The second kappa shape index (κ2) is 8.81. The third-order valence-electron chi connectivity index (χ3n) is 4.90. The number of benzene rings is 2. The fourth-order valence-electron chi connectivity index (χ4n) is 3.35. The van der Waals surface area contributed by atoms with Crippen LogP contribution >= 0.6 is 27.3 Å². The molecule has 0 aliphatic carbocycles. The summed E-state index contributed by atoms with van der Waals surface area (Å²) in [7, 11) is -2.29. The lowest BCUT2D eigenvalue weighted by Gasteiger charge is -2.34. The average Bonchev–Trinajstić information content (AvgIpc) is 3.23. The van der Waals surface area contributed by atoms with E-state index in [1.54, 1.807) is 17.5 Å². The Morgan fingerprint density at radius 3 is 2.39 bits per heavy atom. The molecule has 1 fully saturated rings. The van der Waals surface area contributed by atoms with Crippen LogP contribution in [-0.2, 0) is 10.0 Å². The molecule has 0 spiro atoms. The molecule has 0 bridgehead atoms. The van der Waals surface area contributed by atoms with Gasteiger partial charge in [-0.2, -0.15) is 4.31 Å². The number of halogens is 3. The first-order valence-electron chi connectivity index (χ1n) is 9.28. The van der Waals surface area contributed by atoms with Crippen molar-refractivity contribution in [3.8, 4) is 17.0 Å². The summed E-state index contributed by atoms with van der Waals surface area (Å²) in [6.45, 7) is 1.45. The van der Waals surface area contributed by atoms with Crippen molar-refractivity contribution >= 4 is 42.4 Å². The Labute approximate surface area is 191 Å². The first-order chi connectivity index (χ1) is 14.8. The molecule has 1 aliphatic heterocycles. The summed E-state index contributed by atoms with van der Waals surface area (Å²) < 4.78 is 60.6. The van der Waals surface area contributed by atoms with E-state index in [4.69, 9.17) is 4.74 Å². The fraction of sp³-hybridized carbons (Fsp3) is 0.250. The van der Waals surface area contributed by atoms with Crippen molar-refractivity contribution in [2.45, 2.75) is 4.90 Å². The molecule has 0 N–H and O–H groups in total. The van der Waals surface area contributed by atoms with E-state index in [0.717, 1.165) is 6.07 Å². The molecule has 1 aliphatic rings. The number of thiazole rings is 1. The smallest absolute Gasteiger partial charge is 0.246 e. The first-order valence-corrected chi connectivity index (χ1v) is 12.4. The number of hydrogen-bond acceptors (Lipinski definition) is 6. The quantitative estimate of drug-likeness (QED) is 0.491. The van der Waals surface area contributed by atoms with E-state index >= 15 is 0 Å². The topological polar surface area (TPSA) is 62.7 Å². The van der Waals surface area contributed by atoms with E-state index < -0.39 is 21.7 Å². The molecule has 3 aromatic rings. The summed E-state index contributed by atoms with van der Waals surface area (Å²) in [4.78, 5) is 6.57. The van der Waals surface area contributed by atoms with Crippen LogP contribution in [0.2, 0.25) is 0 Å². The van der Waals surface area contributed by atoms with Gasteiger partial charge in [0.2, 0.25) is 10.0 Å². The maximum atomic E-state index is 13.5. The second-order valence-electron chi connectivity index (χ2n) is 6.86. The summed E-state index contributed by atoms with van der Waals surface area (Å²) in [5, 5.41) is 2.41. The van der Waals surface area contributed by atoms with E-state index in [0.29, 0.717) is 34.0 Å². The normalized spacial score (nSPS) is 15.3. The third-order valence-corrected chi connectivity index (χ3v) is 8.22. The standard InChI is InChI=1S/C20H18BrF2N3O3S2/c1-29-18-3-2-14(21)10-19(18)31(27,28)26-6-4-25(5-7-26)20-24-17(12-30-20)13-8-15(22)11-16(23)9-13/h2-3,8-12H,4-7H2,1H3. The number of nitrogens with zero attached hydrogens (tertiary/aromatic N) is 3. The molecule has 2 heterocycles. The monoisotopic (exact) mass is 529 g/mol. The number of rotatable bonds is 5. The van der Waals surface area contributed by atoms with Crippen molar-refractivity contribution in [2.75, 3.05) is 38.2 Å². The van der Waals surface area contributed by atoms with Crippen molar-refractivity contribution in [1.82, 2.24) is 9.29 Å². The van der Waals surface area contributed by atoms with Gasteiger partial charge in [-0.25, -0.2) is 22.2 Å². The van der Waals surface area contributed by atoms with Crippen LogP contribution in [0.3, 0.4) is 0 Å². The Balaban J connectivity index is 1.49. The molecule has 4 rings (SSSR count). The van der Waals surface area contributed by atoms with Crippen LogP contribution in [0.1, 0.15) is 0 Å². The number of ether oxygens (including phenoxy) is 1. The highest BCUT2D eigenvalue weighted by molar-refractivity contribution is 9.10.